The minimum Gasteiger partial charge on any atom is -0.298 e. The Kier molecular flexibility index (Phi) is 4.87. The fraction of sp³-hybridized carbons (Fsp3) is 0.0625. The number of halogens is 4. The van der Waals surface area contributed by atoms with E-state index < -0.39 is 17.6 Å². The molecule has 4 nitrogen and oxygen atoms in total. The number of carbonyl (C=O) groups excluding carboxylic acids is 1. The molecule has 1 N–H and O–H groups in total. The SMILES string of the molecule is O=C(Nc1nc(-c2ccccn2)c(Br)s1)c1ccc(C(F)(F)F)cc1. The highest BCUT2D eigenvalue weighted by molar-refractivity contribution is 9.11. The molecular weight excluding hydrogens is 419 g/mol. The third-order valence-electron chi connectivity index (χ3n) is 3.19. The van der Waals surface area contributed by atoms with E-state index in [-0.39, 0.29) is 5.56 Å². The number of aromatic nitrogens is 2. The van der Waals surface area contributed by atoms with Gasteiger partial charge >= 0.3 is 6.18 Å². The van der Waals surface area contributed by atoms with Crippen molar-refractivity contribution in [2.24, 2.45) is 0 Å². The van der Waals surface area contributed by atoms with E-state index in [4.69, 9.17) is 0 Å². The fourth-order valence-corrected chi connectivity index (χ4v) is 3.44. The lowest BCUT2D eigenvalue weighted by Crippen LogP contribution is -2.12. The summed E-state index contributed by atoms with van der Waals surface area (Å²) in [5.41, 5.74) is 0.520. The Morgan fingerprint density at radius 3 is 2.44 bits per heavy atom. The average Bonchev–Trinajstić information content (AvgIpc) is 2.95. The molecular formula is C16H9BrF3N3OS. The van der Waals surface area contributed by atoms with Gasteiger partial charge < -0.3 is 0 Å². The van der Waals surface area contributed by atoms with Gasteiger partial charge in [0.15, 0.2) is 5.13 Å². The molecule has 0 aliphatic heterocycles. The Labute approximate surface area is 152 Å². The second-order valence-corrected chi connectivity index (χ2v) is 7.20. The van der Waals surface area contributed by atoms with Gasteiger partial charge in [-0.3, -0.25) is 15.1 Å². The summed E-state index contributed by atoms with van der Waals surface area (Å²) in [6, 6.07) is 9.35. The molecule has 2 aromatic heterocycles. The zero-order valence-corrected chi connectivity index (χ0v) is 14.7. The van der Waals surface area contributed by atoms with E-state index in [2.05, 4.69) is 31.2 Å². The maximum Gasteiger partial charge on any atom is 0.416 e. The van der Waals surface area contributed by atoms with Crippen molar-refractivity contribution < 1.29 is 18.0 Å². The van der Waals surface area contributed by atoms with Crippen LogP contribution in [0.25, 0.3) is 11.4 Å². The van der Waals surface area contributed by atoms with Gasteiger partial charge in [-0.2, -0.15) is 13.2 Å². The fourth-order valence-electron chi connectivity index (χ4n) is 2.00. The second kappa shape index (κ2) is 6.93. The van der Waals surface area contributed by atoms with Gasteiger partial charge in [-0.05, 0) is 52.3 Å². The zero-order chi connectivity index (χ0) is 18.0. The first-order valence-corrected chi connectivity index (χ1v) is 8.52. The van der Waals surface area contributed by atoms with Crippen LogP contribution in [0.5, 0.6) is 0 Å². The van der Waals surface area contributed by atoms with Crippen LogP contribution in [0, 0.1) is 0 Å². The van der Waals surface area contributed by atoms with E-state index in [0.717, 1.165) is 24.3 Å². The minimum absolute atomic E-state index is 0.110. The van der Waals surface area contributed by atoms with Gasteiger partial charge in [0, 0.05) is 11.8 Å². The number of anilines is 1. The van der Waals surface area contributed by atoms with Crippen LogP contribution in [-0.2, 0) is 6.18 Å². The number of alkyl halides is 3. The molecule has 0 unspecified atom stereocenters. The second-order valence-electron chi connectivity index (χ2n) is 4.89. The average molecular weight is 428 g/mol. The number of hydrogen-bond acceptors (Lipinski definition) is 4. The van der Waals surface area contributed by atoms with Crippen molar-refractivity contribution in [3.63, 3.8) is 0 Å². The lowest BCUT2D eigenvalue weighted by molar-refractivity contribution is -0.137. The normalized spacial score (nSPS) is 11.4. The molecule has 0 bridgehead atoms. The van der Waals surface area contributed by atoms with Gasteiger partial charge in [-0.25, -0.2) is 4.98 Å². The van der Waals surface area contributed by atoms with Crippen LogP contribution >= 0.6 is 27.3 Å². The molecule has 0 atom stereocenters. The first kappa shape index (κ1) is 17.6. The molecule has 3 aromatic rings. The highest BCUT2D eigenvalue weighted by Crippen LogP contribution is 2.35. The highest BCUT2D eigenvalue weighted by Gasteiger charge is 2.30. The lowest BCUT2D eigenvalue weighted by atomic mass is 10.1. The Hall–Kier alpha value is -2.26. The number of nitrogens with zero attached hydrogens (tertiary/aromatic N) is 2. The number of thiazole rings is 1. The largest absolute Gasteiger partial charge is 0.416 e. The Balaban J connectivity index is 1.78. The summed E-state index contributed by atoms with van der Waals surface area (Å²) in [5.74, 6) is -0.539. The summed E-state index contributed by atoms with van der Waals surface area (Å²) in [4.78, 5) is 20.7. The molecule has 2 heterocycles. The number of benzene rings is 1. The number of pyridine rings is 1. The van der Waals surface area contributed by atoms with Crippen molar-refractivity contribution in [2.45, 2.75) is 6.18 Å². The van der Waals surface area contributed by atoms with Crippen LogP contribution in [0.4, 0.5) is 18.3 Å². The van der Waals surface area contributed by atoms with Crippen molar-refractivity contribution >= 4 is 38.3 Å². The van der Waals surface area contributed by atoms with Crippen molar-refractivity contribution in [1.82, 2.24) is 9.97 Å². The Morgan fingerprint density at radius 1 is 1.12 bits per heavy atom. The van der Waals surface area contributed by atoms with E-state index in [0.29, 0.717) is 20.3 Å². The smallest absolute Gasteiger partial charge is 0.298 e. The van der Waals surface area contributed by atoms with Crippen LogP contribution in [-0.4, -0.2) is 15.9 Å². The number of rotatable bonds is 3. The molecule has 25 heavy (non-hydrogen) atoms. The van der Waals surface area contributed by atoms with Crippen molar-refractivity contribution in [1.29, 1.82) is 0 Å². The maximum absolute atomic E-state index is 12.6. The van der Waals surface area contributed by atoms with Gasteiger partial charge in [0.05, 0.1) is 11.3 Å². The number of nitrogens with one attached hydrogen (secondary N) is 1. The van der Waals surface area contributed by atoms with Gasteiger partial charge in [-0.1, -0.05) is 17.4 Å². The topological polar surface area (TPSA) is 54.9 Å². The molecule has 0 radical (unpaired) electrons. The summed E-state index contributed by atoms with van der Waals surface area (Å²) in [6.45, 7) is 0. The molecule has 1 aromatic carbocycles. The van der Waals surface area contributed by atoms with E-state index in [1.54, 1.807) is 18.3 Å². The number of hydrogen-bond donors (Lipinski definition) is 1. The van der Waals surface area contributed by atoms with E-state index in [9.17, 15) is 18.0 Å². The van der Waals surface area contributed by atoms with Crippen LogP contribution in [0.3, 0.4) is 0 Å². The molecule has 0 saturated carbocycles. The predicted octanol–water partition coefficient (Wildman–Crippen LogP) is 5.24. The quantitative estimate of drug-likeness (QED) is 0.621. The van der Waals surface area contributed by atoms with Gasteiger partial charge in [0.25, 0.3) is 5.91 Å². The van der Waals surface area contributed by atoms with E-state index in [1.165, 1.54) is 11.3 Å². The molecule has 0 aliphatic rings. The number of amides is 1. The summed E-state index contributed by atoms with van der Waals surface area (Å²) in [6.07, 6.45) is -2.81. The van der Waals surface area contributed by atoms with Crippen LogP contribution in [0.2, 0.25) is 0 Å². The van der Waals surface area contributed by atoms with E-state index >= 15 is 0 Å². The third-order valence-corrected chi connectivity index (χ3v) is 4.81. The standard InChI is InChI=1S/C16H9BrF3N3OS/c17-13-12(11-3-1-2-8-21-11)22-15(25-13)23-14(24)9-4-6-10(7-5-9)16(18,19)20/h1-8H,(H,22,23,24). The van der Waals surface area contributed by atoms with Crippen LogP contribution < -0.4 is 5.32 Å². The monoisotopic (exact) mass is 427 g/mol. The highest BCUT2D eigenvalue weighted by atomic mass is 79.9. The van der Waals surface area contributed by atoms with E-state index in [1.807, 2.05) is 6.07 Å². The lowest BCUT2D eigenvalue weighted by Gasteiger charge is -2.07. The summed E-state index contributed by atoms with van der Waals surface area (Å²) in [7, 11) is 0. The predicted molar refractivity (Wildman–Crippen MR) is 92.4 cm³/mol. The van der Waals surface area contributed by atoms with Crippen LogP contribution in [0.1, 0.15) is 15.9 Å². The van der Waals surface area contributed by atoms with Gasteiger partial charge in [0.1, 0.15) is 9.48 Å². The molecule has 9 heteroatoms. The Morgan fingerprint density at radius 2 is 1.84 bits per heavy atom. The first-order chi connectivity index (χ1) is 11.8. The third kappa shape index (κ3) is 4.05. The molecule has 0 fully saturated rings. The zero-order valence-electron chi connectivity index (χ0n) is 12.3. The van der Waals surface area contributed by atoms with Gasteiger partial charge in [0.2, 0.25) is 0 Å². The molecule has 0 saturated heterocycles. The Bertz CT molecular complexity index is 895. The van der Waals surface area contributed by atoms with Crippen LogP contribution in [0.15, 0.2) is 52.4 Å². The first-order valence-electron chi connectivity index (χ1n) is 6.91. The van der Waals surface area contributed by atoms with Gasteiger partial charge in [-0.15, -0.1) is 0 Å². The summed E-state index contributed by atoms with van der Waals surface area (Å²) in [5, 5.41) is 2.89. The van der Waals surface area contributed by atoms with Crippen molar-refractivity contribution in [3.8, 4) is 11.4 Å². The number of carbonyl (C=O) groups is 1. The molecule has 3 rings (SSSR count). The molecule has 128 valence electrons. The molecule has 0 spiro atoms. The van der Waals surface area contributed by atoms with Crippen molar-refractivity contribution in [2.75, 3.05) is 5.32 Å². The summed E-state index contributed by atoms with van der Waals surface area (Å²) < 4.78 is 38.4. The summed E-state index contributed by atoms with van der Waals surface area (Å²) >= 11 is 4.56. The molecule has 0 aliphatic carbocycles. The molecule has 1 amide bonds. The maximum atomic E-state index is 12.6. The minimum atomic E-state index is -4.44. The van der Waals surface area contributed by atoms with Crippen molar-refractivity contribution in [3.05, 3.63) is 63.6 Å².